The van der Waals surface area contributed by atoms with Crippen molar-refractivity contribution in [2.24, 2.45) is 0 Å². The predicted octanol–water partition coefficient (Wildman–Crippen LogP) is -0.261. The molecule has 1 aliphatic heterocycles. The van der Waals surface area contributed by atoms with Crippen molar-refractivity contribution in [3.05, 3.63) is 11.6 Å². The van der Waals surface area contributed by atoms with Crippen LogP contribution in [0.5, 0.6) is 0 Å². The molecule has 0 aromatic rings. The van der Waals surface area contributed by atoms with Gasteiger partial charge in [0.1, 0.15) is 0 Å². The van der Waals surface area contributed by atoms with Crippen molar-refractivity contribution < 1.29 is 8.42 Å². The molecule has 0 radical (unpaired) electrons. The summed E-state index contributed by atoms with van der Waals surface area (Å²) in [6, 6.07) is -0.0792. The van der Waals surface area contributed by atoms with E-state index in [2.05, 4.69) is 14.8 Å². The molecule has 0 atom stereocenters. The molecule has 1 aliphatic rings. The highest BCUT2D eigenvalue weighted by Gasteiger charge is 2.12. The molecule has 0 saturated carbocycles. The Kier molecular flexibility index (Phi) is 4.72. The fraction of sp³-hybridized carbons (Fsp3) is 0.778. The zero-order valence-electron chi connectivity index (χ0n) is 9.21. The zero-order valence-corrected chi connectivity index (χ0v) is 10.0. The second-order valence-corrected chi connectivity index (χ2v) is 5.44. The Hall–Kier alpha value is -0.430. The van der Waals surface area contributed by atoms with Crippen molar-refractivity contribution in [3.8, 4) is 0 Å². The van der Waals surface area contributed by atoms with Crippen molar-refractivity contribution in [1.29, 1.82) is 0 Å². The van der Waals surface area contributed by atoms with Crippen molar-refractivity contribution in [2.45, 2.75) is 26.3 Å². The van der Waals surface area contributed by atoms with Crippen LogP contribution in [-0.4, -0.2) is 34.1 Å². The second-order valence-electron chi connectivity index (χ2n) is 3.91. The van der Waals surface area contributed by atoms with Crippen LogP contribution in [0.4, 0.5) is 0 Å². The van der Waals surface area contributed by atoms with E-state index in [4.69, 9.17) is 0 Å². The third kappa shape index (κ3) is 5.27. The Morgan fingerprint density at radius 1 is 1.53 bits per heavy atom. The van der Waals surface area contributed by atoms with Gasteiger partial charge in [0.25, 0.3) is 10.2 Å². The molecular formula is C9H19N3O2S. The van der Waals surface area contributed by atoms with Crippen LogP contribution in [0, 0.1) is 0 Å². The van der Waals surface area contributed by atoms with Gasteiger partial charge in [0, 0.05) is 19.1 Å². The van der Waals surface area contributed by atoms with E-state index in [9.17, 15) is 8.42 Å². The van der Waals surface area contributed by atoms with E-state index in [1.165, 1.54) is 0 Å². The number of nitrogens with one attached hydrogen (secondary N) is 3. The summed E-state index contributed by atoms with van der Waals surface area (Å²) in [7, 11) is -3.34. The molecule has 0 spiro atoms. The lowest BCUT2D eigenvalue weighted by molar-refractivity contribution is 0.556. The molecule has 15 heavy (non-hydrogen) atoms. The summed E-state index contributed by atoms with van der Waals surface area (Å²) in [6.07, 6.45) is 2.94. The van der Waals surface area contributed by atoms with Crippen LogP contribution in [0.2, 0.25) is 0 Å². The molecule has 0 saturated heterocycles. The van der Waals surface area contributed by atoms with Gasteiger partial charge in [-0.05, 0) is 26.8 Å². The zero-order chi connectivity index (χ0) is 11.3. The van der Waals surface area contributed by atoms with E-state index >= 15 is 0 Å². The summed E-state index contributed by atoms with van der Waals surface area (Å²) >= 11 is 0. The van der Waals surface area contributed by atoms with E-state index < -0.39 is 10.2 Å². The van der Waals surface area contributed by atoms with Crippen LogP contribution in [-0.2, 0) is 10.2 Å². The lowest BCUT2D eigenvalue weighted by atomic mass is 10.1. The quantitative estimate of drug-likeness (QED) is 0.573. The lowest BCUT2D eigenvalue weighted by Gasteiger charge is -2.15. The SMILES string of the molecule is CC(C)NS(=O)(=O)NCC1=CCNCC1. The first kappa shape index (κ1) is 12.6. The third-order valence-electron chi connectivity index (χ3n) is 2.04. The first-order valence-electron chi connectivity index (χ1n) is 5.15. The number of rotatable bonds is 5. The van der Waals surface area contributed by atoms with Gasteiger partial charge < -0.3 is 5.32 Å². The maximum absolute atomic E-state index is 11.4. The van der Waals surface area contributed by atoms with Gasteiger partial charge in [-0.25, -0.2) is 0 Å². The summed E-state index contributed by atoms with van der Waals surface area (Å²) in [5, 5.41) is 3.17. The highest BCUT2D eigenvalue weighted by Crippen LogP contribution is 2.02. The smallest absolute Gasteiger partial charge is 0.277 e. The maximum atomic E-state index is 11.4. The predicted molar refractivity (Wildman–Crippen MR) is 60.8 cm³/mol. The average Bonchev–Trinajstić information content (AvgIpc) is 2.15. The molecule has 0 aliphatic carbocycles. The third-order valence-corrected chi connectivity index (χ3v) is 3.34. The van der Waals surface area contributed by atoms with Gasteiger partial charge >= 0.3 is 0 Å². The van der Waals surface area contributed by atoms with Gasteiger partial charge in [0.2, 0.25) is 0 Å². The summed E-state index contributed by atoms with van der Waals surface area (Å²) < 4.78 is 27.8. The van der Waals surface area contributed by atoms with Crippen LogP contribution in [0.15, 0.2) is 11.6 Å². The van der Waals surface area contributed by atoms with Gasteiger partial charge in [0.05, 0.1) is 0 Å². The van der Waals surface area contributed by atoms with Crippen molar-refractivity contribution in [1.82, 2.24) is 14.8 Å². The first-order valence-corrected chi connectivity index (χ1v) is 6.63. The highest BCUT2D eigenvalue weighted by atomic mass is 32.2. The van der Waals surface area contributed by atoms with Crippen molar-refractivity contribution in [2.75, 3.05) is 19.6 Å². The normalized spacial score (nSPS) is 17.9. The Morgan fingerprint density at radius 2 is 2.27 bits per heavy atom. The minimum absolute atomic E-state index is 0.0792. The molecule has 5 nitrogen and oxygen atoms in total. The fourth-order valence-electron chi connectivity index (χ4n) is 1.37. The Balaban J connectivity index is 2.38. The first-order chi connectivity index (χ1) is 6.99. The number of hydrogen-bond acceptors (Lipinski definition) is 3. The largest absolute Gasteiger partial charge is 0.313 e. The molecule has 88 valence electrons. The minimum atomic E-state index is -3.34. The summed E-state index contributed by atoms with van der Waals surface area (Å²) in [6.45, 7) is 5.75. The van der Waals surface area contributed by atoms with Gasteiger partial charge in [0.15, 0.2) is 0 Å². The van der Waals surface area contributed by atoms with Crippen molar-refractivity contribution in [3.63, 3.8) is 0 Å². The molecule has 1 rings (SSSR count). The van der Waals surface area contributed by atoms with E-state index in [0.29, 0.717) is 6.54 Å². The van der Waals surface area contributed by atoms with Crippen LogP contribution < -0.4 is 14.8 Å². The van der Waals surface area contributed by atoms with Gasteiger partial charge in [-0.1, -0.05) is 11.6 Å². The fourth-order valence-corrected chi connectivity index (χ4v) is 2.45. The maximum Gasteiger partial charge on any atom is 0.277 e. The minimum Gasteiger partial charge on any atom is -0.313 e. The van der Waals surface area contributed by atoms with E-state index in [1.54, 1.807) is 13.8 Å². The summed E-state index contributed by atoms with van der Waals surface area (Å²) in [5.41, 5.74) is 1.14. The number of hydrogen-bond donors (Lipinski definition) is 3. The van der Waals surface area contributed by atoms with Crippen LogP contribution >= 0.6 is 0 Å². The van der Waals surface area contributed by atoms with Gasteiger partial charge in [-0.3, -0.25) is 0 Å². The Bertz CT molecular complexity index is 322. The molecule has 3 N–H and O–H groups in total. The molecule has 0 aromatic heterocycles. The molecule has 0 fully saturated rings. The van der Waals surface area contributed by atoms with Crippen LogP contribution in [0.1, 0.15) is 20.3 Å². The van der Waals surface area contributed by atoms with Gasteiger partial charge in [-0.15, -0.1) is 0 Å². The van der Waals surface area contributed by atoms with E-state index in [1.807, 2.05) is 6.08 Å². The Labute approximate surface area is 91.5 Å². The van der Waals surface area contributed by atoms with Gasteiger partial charge in [-0.2, -0.15) is 17.9 Å². The van der Waals surface area contributed by atoms with Crippen LogP contribution in [0.3, 0.4) is 0 Å². The topological polar surface area (TPSA) is 70.2 Å². The molecule has 0 unspecified atom stereocenters. The molecule has 6 heteroatoms. The molecule has 0 amide bonds. The summed E-state index contributed by atoms with van der Waals surface area (Å²) in [5.74, 6) is 0. The average molecular weight is 233 g/mol. The lowest BCUT2D eigenvalue weighted by Crippen LogP contribution is -2.41. The summed E-state index contributed by atoms with van der Waals surface area (Å²) in [4.78, 5) is 0. The molecule has 1 heterocycles. The van der Waals surface area contributed by atoms with Crippen LogP contribution in [0.25, 0.3) is 0 Å². The Morgan fingerprint density at radius 3 is 2.80 bits per heavy atom. The van der Waals surface area contributed by atoms with E-state index in [0.717, 1.165) is 25.1 Å². The molecule has 0 bridgehead atoms. The second kappa shape index (κ2) is 5.60. The molecule has 0 aromatic carbocycles. The highest BCUT2D eigenvalue weighted by molar-refractivity contribution is 7.87. The standard InChI is InChI=1S/C9H19N3O2S/c1-8(2)12-15(13,14)11-7-9-3-5-10-6-4-9/h3,8,10-12H,4-7H2,1-2H3. The molecular weight excluding hydrogens is 214 g/mol. The van der Waals surface area contributed by atoms with Crippen molar-refractivity contribution >= 4 is 10.2 Å². The van der Waals surface area contributed by atoms with E-state index in [-0.39, 0.29) is 6.04 Å². The monoisotopic (exact) mass is 233 g/mol.